The molecular formula is C29H38N2O6. The Morgan fingerprint density at radius 3 is 2.76 bits per heavy atom. The molecule has 4 rings (SSSR count). The van der Waals surface area contributed by atoms with Gasteiger partial charge in [-0.05, 0) is 54.5 Å². The van der Waals surface area contributed by atoms with Crippen LogP contribution in [0.4, 0.5) is 0 Å². The van der Waals surface area contributed by atoms with Crippen LogP contribution in [0, 0.1) is 5.92 Å². The predicted octanol–water partition coefficient (Wildman–Crippen LogP) is 4.24. The standard InChI is InChI=1S/C29H38N2O6/c1-4-36-28(34)17-24(23-14-19(2)29-22(16-23)11-13-37-29)30-18-20-7-8-21(25(15-20)35-3)6-5-12-31-26(32)9-10-27(31)33/h7-10,14-16,19,24,29-30,32-33H,4-6,11-13,17-18H2,1-3H3. The third kappa shape index (κ3) is 6.56. The Morgan fingerprint density at radius 1 is 1.24 bits per heavy atom. The Hall–Kier alpha value is -3.23. The van der Waals surface area contributed by atoms with E-state index in [2.05, 4.69) is 36.5 Å². The number of aromatic nitrogens is 1. The third-order valence-corrected chi connectivity index (χ3v) is 7.08. The highest BCUT2D eigenvalue weighted by molar-refractivity contribution is 5.71. The molecule has 37 heavy (non-hydrogen) atoms. The number of hydrogen-bond donors (Lipinski definition) is 3. The van der Waals surface area contributed by atoms with Gasteiger partial charge >= 0.3 is 5.97 Å². The van der Waals surface area contributed by atoms with Crippen LogP contribution in [0.2, 0.25) is 0 Å². The number of carbonyl (C=O) groups is 1. The summed E-state index contributed by atoms with van der Waals surface area (Å²) < 4.78 is 18.3. The van der Waals surface area contributed by atoms with E-state index in [1.807, 2.05) is 13.0 Å². The van der Waals surface area contributed by atoms with Crippen LogP contribution in [0.15, 0.2) is 53.6 Å². The molecule has 2 aromatic rings. The third-order valence-electron chi connectivity index (χ3n) is 7.08. The summed E-state index contributed by atoms with van der Waals surface area (Å²) in [5.74, 6) is 0.943. The summed E-state index contributed by atoms with van der Waals surface area (Å²) >= 11 is 0. The zero-order valence-corrected chi connectivity index (χ0v) is 21.9. The van der Waals surface area contributed by atoms with E-state index in [0.29, 0.717) is 19.7 Å². The molecule has 3 unspecified atom stereocenters. The number of methoxy groups -OCH3 is 1. The van der Waals surface area contributed by atoms with Crippen LogP contribution in [-0.2, 0) is 33.8 Å². The highest BCUT2D eigenvalue weighted by Crippen LogP contribution is 2.34. The molecule has 0 spiro atoms. The van der Waals surface area contributed by atoms with Gasteiger partial charge in [0.2, 0.25) is 0 Å². The number of benzene rings is 1. The molecule has 8 nitrogen and oxygen atoms in total. The second kappa shape index (κ2) is 12.3. The number of hydrogen-bond acceptors (Lipinski definition) is 7. The molecular weight excluding hydrogens is 472 g/mol. The Morgan fingerprint density at radius 2 is 2.03 bits per heavy atom. The second-order valence-electron chi connectivity index (χ2n) is 9.68. The molecule has 0 saturated carbocycles. The Labute approximate surface area is 218 Å². The highest BCUT2D eigenvalue weighted by atomic mass is 16.5. The van der Waals surface area contributed by atoms with Crippen molar-refractivity contribution in [2.75, 3.05) is 20.3 Å². The van der Waals surface area contributed by atoms with Gasteiger partial charge in [-0.25, -0.2) is 0 Å². The van der Waals surface area contributed by atoms with E-state index in [9.17, 15) is 15.0 Å². The molecule has 1 aliphatic heterocycles. The average Bonchev–Trinajstić information content (AvgIpc) is 3.49. The fourth-order valence-electron chi connectivity index (χ4n) is 5.21. The summed E-state index contributed by atoms with van der Waals surface area (Å²) in [4.78, 5) is 12.4. The molecule has 1 aromatic heterocycles. The highest BCUT2D eigenvalue weighted by Gasteiger charge is 2.31. The number of carbonyl (C=O) groups excluding carboxylic acids is 1. The molecule has 3 atom stereocenters. The van der Waals surface area contributed by atoms with E-state index in [4.69, 9.17) is 14.2 Å². The van der Waals surface area contributed by atoms with Crippen LogP contribution in [0.3, 0.4) is 0 Å². The maximum absolute atomic E-state index is 12.4. The van der Waals surface area contributed by atoms with Crippen molar-refractivity contribution in [1.82, 2.24) is 9.88 Å². The first-order valence-electron chi connectivity index (χ1n) is 13.1. The van der Waals surface area contributed by atoms with Gasteiger partial charge in [-0.15, -0.1) is 0 Å². The van der Waals surface area contributed by atoms with Crippen molar-refractivity contribution in [3.63, 3.8) is 0 Å². The first kappa shape index (κ1) is 26.8. The van der Waals surface area contributed by atoms with E-state index in [0.717, 1.165) is 48.3 Å². The quantitative estimate of drug-likeness (QED) is 0.367. The van der Waals surface area contributed by atoms with Crippen LogP contribution in [0.25, 0.3) is 0 Å². The van der Waals surface area contributed by atoms with E-state index in [-0.39, 0.29) is 42.2 Å². The second-order valence-corrected chi connectivity index (χ2v) is 9.68. The molecule has 1 saturated heterocycles. The van der Waals surface area contributed by atoms with E-state index >= 15 is 0 Å². The first-order chi connectivity index (χ1) is 17.9. The van der Waals surface area contributed by atoms with E-state index in [1.54, 1.807) is 7.11 Å². The summed E-state index contributed by atoms with van der Waals surface area (Å²) in [6.45, 7) is 6.16. The minimum atomic E-state index is -0.218. The summed E-state index contributed by atoms with van der Waals surface area (Å²) in [5.41, 5.74) is 4.52. The van der Waals surface area contributed by atoms with Crippen molar-refractivity contribution < 1.29 is 29.2 Å². The van der Waals surface area contributed by atoms with Crippen molar-refractivity contribution in [3.05, 3.63) is 64.8 Å². The number of rotatable bonds is 12. The van der Waals surface area contributed by atoms with Gasteiger partial charge in [0.25, 0.3) is 0 Å². The van der Waals surface area contributed by atoms with Crippen LogP contribution in [0.1, 0.15) is 44.2 Å². The maximum Gasteiger partial charge on any atom is 0.307 e. The van der Waals surface area contributed by atoms with Crippen LogP contribution < -0.4 is 10.1 Å². The lowest BCUT2D eigenvalue weighted by Crippen LogP contribution is -2.35. The van der Waals surface area contributed by atoms with Gasteiger partial charge in [0, 0.05) is 37.2 Å². The van der Waals surface area contributed by atoms with E-state index in [1.165, 1.54) is 22.3 Å². The lowest BCUT2D eigenvalue weighted by Gasteiger charge is -2.28. The number of nitrogens with one attached hydrogen (secondary N) is 1. The Kier molecular flexibility index (Phi) is 8.95. The van der Waals surface area contributed by atoms with E-state index < -0.39 is 0 Å². The summed E-state index contributed by atoms with van der Waals surface area (Å²) in [7, 11) is 1.66. The molecule has 0 amide bonds. The fourth-order valence-corrected chi connectivity index (χ4v) is 5.21. The van der Waals surface area contributed by atoms with Crippen LogP contribution >= 0.6 is 0 Å². The Balaban J connectivity index is 1.42. The SMILES string of the molecule is CCOC(=O)CC(NCc1ccc(CCCn2c(O)ccc2O)c(OC)c1)C1=CC(C)C2OCCC2=C1. The molecule has 1 aromatic carbocycles. The molecule has 1 fully saturated rings. The zero-order chi connectivity index (χ0) is 26.4. The zero-order valence-electron chi connectivity index (χ0n) is 21.9. The normalized spacial score (nSPS) is 19.6. The molecule has 1 aliphatic carbocycles. The number of aryl methyl sites for hydroxylation is 1. The minimum absolute atomic E-state index is 0.0531. The number of fused-ring (bicyclic) bond motifs is 1. The summed E-state index contributed by atoms with van der Waals surface area (Å²) in [6, 6.07) is 8.93. The van der Waals surface area contributed by atoms with Crippen LogP contribution in [0.5, 0.6) is 17.5 Å². The minimum Gasteiger partial charge on any atom is -0.496 e. The molecule has 8 heteroatoms. The average molecular weight is 511 g/mol. The van der Waals surface area contributed by atoms with Gasteiger partial charge in [0.05, 0.1) is 32.8 Å². The van der Waals surface area contributed by atoms with Gasteiger partial charge in [0.15, 0.2) is 11.8 Å². The maximum atomic E-state index is 12.4. The molecule has 3 N–H and O–H groups in total. The summed E-state index contributed by atoms with van der Waals surface area (Å²) in [6.07, 6.45) is 7.21. The van der Waals surface area contributed by atoms with Gasteiger partial charge in [0.1, 0.15) is 5.75 Å². The molecule has 0 radical (unpaired) electrons. The summed E-state index contributed by atoms with van der Waals surface area (Å²) in [5, 5.41) is 23.2. The number of ether oxygens (including phenoxy) is 3. The molecule has 2 heterocycles. The van der Waals surface area contributed by atoms with Crippen molar-refractivity contribution in [3.8, 4) is 17.5 Å². The topological polar surface area (TPSA) is 102 Å². The smallest absolute Gasteiger partial charge is 0.307 e. The lowest BCUT2D eigenvalue weighted by molar-refractivity contribution is -0.143. The number of aromatic hydroxyl groups is 2. The van der Waals surface area contributed by atoms with Gasteiger partial charge < -0.3 is 29.7 Å². The van der Waals surface area contributed by atoms with Gasteiger partial charge in [-0.3, -0.25) is 9.36 Å². The number of esters is 1. The molecule has 2 aliphatic rings. The monoisotopic (exact) mass is 510 g/mol. The van der Waals surface area contributed by atoms with Gasteiger partial charge in [-0.2, -0.15) is 0 Å². The van der Waals surface area contributed by atoms with Crippen LogP contribution in [-0.4, -0.2) is 53.2 Å². The van der Waals surface area contributed by atoms with Crippen molar-refractivity contribution in [1.29, 1.82) is 0 Å². The first-order valence-corrected chi connectivity index (χ1v) is 13.1. The van der Waals surface area contributed by atoms with Crippen molar-refractivity contribution in [2.24, 2.45) is 5.92 Å². The largest absolute Gasteiger partial charge is 0.496 e. The molecule has 0 bridgehead atoms. The van der Waals surface area contributed by atoms with Crippen molar-refractivity contribution in [2.45, 2.75) is 64.8 Å². The number of nitrogens with zero attached hydrogens (tertiary/aromatic N) is 1. The lowest BCUT2D eigenvalue weighted by atomic mass is 9.85. The molecule has 200 valence electrons. The van der Waals surface area contributed by atoms with Crippen molar-refractivity contribution >= 4 is 5.97 Å². The van der Waals surface area contributed by atoms with Gasteiger partial charge in [-0.1, -0.05) is 31.2 Å². The predicted molar refractivity (Wildman–Crippen MR) is 141 cm³/mol. The fraction of sp³-hybridized carbons (Fsp3) is 0.483. The Bertz CT molecular complexity index is 1130.